The summed E-state index contributed by atoms with van der Waals surface area (Å²) < 4.78 is 42.1. The van der Waals surface area contributed by atoms with Crippen molar-refractivity contribution in [2.24, 2.45) is 17.8 Å². The summed E-state index contributed by atoms with van der Waals surface area (Å²) in [5.41, 5.74) is -1.05. The summed E-state index contributed by atoms with van der Waals surface area (Å²) in [5.74, 6) is -4.68. The van der Waals surface area contributed by atoms with Gasteiger partial charge in [0.2, 0.25) is 5.91 Å². The molecule has 3 heterocycles. The average molecular weight is 780 g/mol. The Balaban J connectivity index is 1.81. The van der Waals surface area contributed by atoms with Gasteiger partial charge in [-0.2, -0.15) is 0 Å². The van der Waals surface area contributed by atoms with Gasteiger partial charge >= 0.3 is 18.1 Å². The van der Waals surface area contributed by atoms with Gasteiger partial charge in [-0.1, -0.05) is 32.9 Å². The highest BCUT2D eigenvalue weighted by Gasteiger charge is 2.52. The number of nitrogens with zero attached hydrogens (tertiary/aromatic N) is 2. The van der Waals surface area contributed by atoms with Crippen molar-refractivity contribution in [1.29, 1.82) is 0 Å². The number of nitro benzene ring substituents is 1. The Kier molecular flexibility index (Phi) is 14.6. The smallest absolute Gasteiger partial charge is 0.461 e. The second-order valence-electron chi connectivity index (χ2n) is 15.5. The number of aliphatic hydroxyl groups is 1. The van der Waals surface area contributed by atoms with Gasteiger partial charge in [-0.15, -0.1) is 0 Å². The number of nitrogens with one attached hydrogen (secondary N) is 1. The molecule has 1 aromatic carbocycles. The molecule has 4 rings (SSSR count). The first kappa shape index (κ1) is 43.8. The van der Waals surface area contributed by atoms with Crippen LogP contribution in [-0.2, 0) is 54.0 Å². The van der Waals surface area contributed by atoms with E-state index >= 15 is 0 Å². The van der Waals surface area contributed by atoms with Crippen molar-refractivity contribution in [2.45, 2.75) is 141 Å². The van der Waals surface area contributed by atoms with Gasteiger partial charge in [-0.3, -0.25) is 24.5 Å². The quantitative estimate of drug-likeness (QED) is 0.159. The zero-order valence-corrected chi connectivity index (χ0v) is 33.3. The lowest BCUT2D eigenvalue weighted by molar-refractivity contribution is -0.384. The van der Waals surface area contributed by atoms with E-state index in [2.05, 4.69) is 5.32 Å². The first-order valence-electron chi connectivity index (χ1n) is 18.8. The van der Waals surface area contributed by atoms with Crippen LogP contribution in [0.15, 0.2) is 24.3 Å². The highest BCUT2D eigenvalue weighted by Crippen LogP contribution is 2.39. The third-order valence-corrected chi connectivity index (χ3v) is 11.1. The molecule has 0 spiro atoms. The van der Waals surface area contributed by atoms with Crippen LogP contribution in [0.4, 0.5) is 10.5 Å². The number of methoxy groups -OCH3 is 1. The van der Waals surface area contributed by atoms with Gasteiger partial charge in [0.15, 0.2) is 18.5 Å². The molecule has 0 radical (unpaired) electrons. The second-order valence-corrected chi connectivity index (χ2v) is 15.5. The van der Waals surface area contributed by atoms with E-state index in [1.54, 1.807) is 34.6 Å². The lowest BCUT2D eigenvalue weighted by Gasteiger charge is -2.48. The zero-order chi connectivity index (χ0) is 40.9. The number of ether oxygens (including phenoxy) is 7. The largest absolute Gasteiger partial charge is 0.509 e. The maximum Gasteiger partial charge on any atom is 0.509 e. The number of amides is 1. The van der Waals surface area contributed by atoms with Crippen LogP contribution < -0.4 is 5.32 Å². The second kappa shape index (κ2) is 18.4. The van der Waals surface area contributed by atoms with Crippen molar-refractivity contribution in [3.63, 3.8) is 0 Å². The summed E-state index contributed by atoms with van der Waals surface area (Å²) in [6, 6.07) is 4.35. The van der Waals surface area contributed by atoms with Crippen LogP contribution in [0.5, 0.6) is 0 Å². The van der Waals surface area contributed by atoms with Gasteiger partial charge in [0.25, 0.3) is 5.69 Å². The summed E-state index contributed by atoms with van der Waals surface area (Å²) in [6.45, 7) is 11.9. The minimum Gasteiger partial charge on any atom is -0.461 e. The number of non-ortho nitro benzene ring substituents is 1. The van der Waals surface area contributed by atoms with Crippen molar-refractivity contribution in [1.82, 2.24) is 10.2 Å². The molecule has 17 nitrogen and oxygen atoms in total. The fraction of sp³-hybridized carbons (Fsp3) is 0.737. The number of hydrogen-bond acceptors (Lipinski definition) is 15. The lowest BCUT2D eigenvalue weighted by atomic mass is 9.77. The number of esters is 2. The van der Waals surface area contributed by atoms with Crippen molar-refractivity contribution < 1.29 is 62.4 Å². The number of hydrogen-bond donors (Lipinski definition) is 2. The molecule has 14 atom stereocenters. The molecule has 3 fully saturated rings. The fourth-order valence-electron chi connectivity index (χ4n) is 7.85. The van der Waals surface area contributed by atoms with E-state index in [-0.39, 0.29) is 37.1 Å². The standard InChI is InChI=1S/C38H57N3O14/c1-11-27-32-31(53-37(46)54-32)23(6)39-34(44)19(2)18-38(7,49-10)33(55-36-29(43)26(40(8)9)16-20(3)50-36)21(4)30(22(5)35(45)51-27)52-28(42)17-24-12-14-25(15-13-24)41(47)48/h12-15,19-23,26-27,29-33,36,43H,11,16-18H2,1-10H3,(H,39,44)/t19-,20-,21+,22-,23-,26-,27-,29-,30+,31+,32-,33+,36+,38-/m1/s1. The number of nitro groups is 1. The minimum absolute atomic E-state index is 0.0524. The first-order chi connectivity index (χ1) is 25.8. The molecule has 0 saturated carbocycles. The van der Waals surface area contributed by atoms with Gasteiger partial charge in [-0.05, 0) is 66.6 Å². The number of rotatable bonds is 9. The number of carbonyl (C=O) groups is 4. The topological polar surface area (TPSA) is 212 Å². The van der Waals surface area contributed by atoms with E-state index in [1.807, 2.05) is 25.9 Å². The van der Waals surface area contributed by atoms with Crippen molar-refractivity contribution in [3.05, 3.63) is 39.9 Å². The van der Waals surface area contributed by atoms with E-state index in [4.69, 9.17) is 33.2 Å². The molecule has 17 heteroatoms. The van der Waals surface area contributed by atoms with Gasteiger partial charge in [0.05, 0.1) is 41.1 Å². The van der Waals surface area contributed by atoms with E-state index in [0.717, 1.165) is 0 Å². The SMILES string of the molecule is CC[C@H]1OC(=O)[C@H](C)[C@@H](OC(=O)Cc2ccc([N+](=O)[O-])cc2)[C@H](C)[C@H](O[C@@H]2O[C@H](C)C[C@@H](N(C)C)[C@H]2O)[C@](C)(OC)C[C@@H](C)C(=O)N[C@H](C)[C@@H]2OC(=O)O[C@@H]21. The maximum absolute atomic E-state index is 14.1. The molecule has 0 bridgehead atoms. The number of aliphatic hydroxyl groups excluding tert-OH is 1. The molecule has 0 aliphatic carbocycles. The summed E-state index contributed by atoms with van der Waals surface area (Å²) >= 11 is 0. The normalized spacial score (nSPS) is 37.7. The minimum atomic E-state index is -1.33. The molecule has 2 N–H and O–H groups in total. The number of likely N-dealkylation sites (N-methyl/N-ethyl adjacent to an activating group) is 1. The molecule has 3 aliphatic heterocycles. The Morgan fingerprint density at radius 1 is 1.05 bits per heavy atom. The Hall–Kier alpha value is -3.90. The monoisotopic (exact) mass is 779 g/mol. The number of fused-ring (bicyclic) bond motifs is 1. The molecule has 0 unspecified atom stereocenters. The van der Waals surface area contributed by atoms with Crippen molar-refractivity contribution in [2.75, 3.05) is 21.2 Å². The Bertz CT molecular complexity index is 1530. The lowest BCUT2D eigenvalue weighted by Crippen LogP contribution is -2.60. The highest BCUT2D eigenvalue weighted by molar-refractivity contribution is 5.79. The molecule has 0 aromatic heterocycles. The Morgan fingerprint density at radius 2 is 1.69 bits per heavy atom. The number of benzene rings is 1. The molecule has 3 aliphatic rings. The van der Waals surface area contributed by atoms with E-state index in [0.29, 0.717) is 12.0 Å². The number of cyclic esters (lactones) is 1. The third-order valence-electron chi connectivity index (χ3n) is 11.1. The van der Waals surface area contributed by atoms with Crippen LogP contribution in [0, 0.1) is 27.9 Å². The predicted molar refractivity (Wildman–Crippen MR) is 194 cm³/mol. The third kappa shape index (κ3) is 10.3. The van der Waals surface area contributed by atoms with Crippen molar-refractivity contribution in [3.8, 4) is 0 Å². The van der Waals surface area contributed by atoms with Crippen LogP contribution in [0.25, 0.3) is 0 Å². The molecule has 55 heavy (non-hydrogen) atoms. The molecule has 1 amide bonds. The fourth-order valence-corrected chi connectivity index (χ4v) is 7.85. The van der Waals surface area contributed by atoms with Crippen molar-refractivity contribution >= 4 is 29.7 Å². The van der Waals surface area contributed by atoms with Gasteiger partial charge in [0, 0.05) is 37.1 Å². The molecular formula is C38H57N3O14. The predicted octanol–water partition coefficient (Wildman–Crippen LogP) is 3.31. The Labute approximate surface area is 321 Å². The van der Waals surface area contributed by atoms with Crippen LogP contribution in [0.3, 0.4) is 0 Å². The average Bonchev–Trinajstić information content (AvgIpc) is 3.53. The maximum atomic E-state index is 14.1. The van der Waals surface area contributed by atoms with Crippen LogP contribution >= 0.6 is 0 Å². The number of carbonyl (C=O) groups excluding carboxylic acids is 4. The van der Waals surface area contributed by atoms with Gasteiger partial charge < -0.3 is 48.5 Å². The van der Waals surface area contributed by atoms with Crippen LogP contribution in [0.2, 0.25) is 0 Å². The summed E-state index contributed by atoms with van der Waals surface area (Å²) in [7, 11) is 5.13. The van der Waals surface area contributed by atoms with Gasteiger partial charge in [-0.25, -0.2) is 4.79 Å². The van der Waals surface area contributed by atoms with Gasteiger partial charge in [0.1, 0.15) is 18.3 Å². The highest BCUT2D eigenvalue weighted by atomic mass is 16.8. The zero-order valence-electron chi connectivity index (χ0n) is 33.3. The van der Waals surface area contributed by atoms with E-state index in [1.165, 1.54) is 38.3 Å². The van der Waals surface area contributed by atoms with E-state index < -0.39 is 101 Å². The first-order valence-corrected chi connectivity index (χ1v) is 18.8. The summed E-state index contributed by atoms with van der Waals surface area (Å²) in [4.78, 5) is 66.6. The summed E-state index contributed by atoms with van der Waals surface area (Å²) in [5, 5.41) is 25.7. The molecule has 1 aromatic rings. The van der Waals surface area contributed by atoms with Crippen LogP contribution in [0.1, 0.15) is 73.3 Å². The molecular weight excluding hydrogens is 722 g/mol. The van der Waals surface area contributed by atoms with Crippen LogP contribution in [-0.4, -0.2) is 127 Å². The molecule has 3 saturated heterocycles. The molecule has 308 valence electrons. The van der Waals surface area contributed by atoms with E-state index in [9.17, 15) is 34.4 Å². The Morgan fingerprint density at radius 3 is 2.27 bits per heavy atom. The summed E-state index contributed by atoms with van der Waals surface area (Å²) in [6.07, 6.45) is -8.46.